The summed E-state index contributed by atoms with van der Waals surface area (Å²) in [5.74, 6) is -1.92. The fourth-order valence-corrected chi connectivity index (χ4v) is 6.81. The molecule has 3 aromatic rings. The Labute approximate surface area is 223 Å². The van der Waals surface area contributed by atoms with Gasteiger partial charge in [0.25, 0.3) is 0 Å². The van der Waals surface area contributed by atoms with Gasteiger partial charge in [0.1, 0.15) is 11.4 Å². The number of halogens is 2. The molecule has 37 heavy (non-hydrogen) atoms. The van der Waals surface area contributed by atoms with Crippen molar-refractivity contribution < 1.29 is 24.2 Å². The van der Waals surface area contributed by atoms with Crippen LogP contribution in [0, 0.1) is 18.4 Å². The summed E-state index contributed by atoms with van der Waals surface area (Å²) in [5, 5.41) is 13.1. The third-order valence-corrected chi connectivity index (χ3v) is 8.56. The Balaban J connectivity index is 1.35. The van der Waals surface area contributed by atoms with Crippen molar-refractivity contribution in [3.8, 4) is 5.75 Å². The number of imide groups is 1. The number of amides is 2. The van der Waals surface area contributed by atoms with Crippen LogP contribution in [0.2, 0.25) is 10.0 Å². The molecular weight excluding hydrogens is 515 g/mol. The van der Waals surface area contributed by atoms with E-state index in [1.807, 2.05) is 12.1 Å². The van der Waals surface area contributed by atoms with Crippen molar-refractivity contribution in [3.05, 3.63) is 76.1 Å². The van der Waals surface area contributed by atoms with Crippen LogP contribution in [0.25, 0.3) is 15.6 Å². The third kappa shape index (κ3) is 3.40. The van der Waals surface area contributed by atoms with Gasteiger partial charge in [-0.1, -0.05) is 53.5 Å². The lowest BCUT2D eigenvalue weighted by Crippen LogP contribution is -2.49. The van der Waals surface area contributed by atoms with Gasteiger partial charge in [-0.3, -0.25) is 9.59 Å². The number of carbonyl (C=O) groups excluding carboxylic acids is 2. The molecule has 2 bridgehead atoms. The number of carbonyl (C=O) groups is 2. The van der Waals surface area contributed by atoms with E-state index < -0.39 is 35.0 Å². The Morgan fingerprint density at radius 3 is 2.57 bits per heavy atom. The smallest absolute Gasteiger partial charge is 0.240 e. The van der Waals surface area contributed by atoms with Gasteiger partial charge in [-0.25, -0.2) is 9.74 Å². The van der Waals surface area contributed by atoms with Crippen LogP contribution in [0.3, 0.4) is 0 Å². The molecule has 0 aromatic heterocycles. The second-order valence-electron chi connectivity index (χ2n) is 9.97. The summed E-state index contributed by atoms with van der Waals surface area (Å²) in [4.78, 5) is 32.6. The molecule has 2 unspecified atom stereocenters. The molecule has 0 radical (unpaired) electrons. The second-order valence-corrected chi connectivity index (χ2v) is 10.8. The molecule has 3 heterocycles. The van der Waals surface area contributed by atoms with E-state index in [0.29, 0.717) is 37.9 Å². The molecule has 6 rings (SSSR count). The van der Waals surface area contributed by atoms with Gasteiger partial charge >= 0.3 is 0 Å². The normalized spacial score (nSPS) is 30.1. The quantitative estimate of drug-likeness (QED) is 0.340. The van der Waals surface area contributed by atoms with E-state index in [4.69, 9.17) is 39.2 Å². The van der Waals surface area contributed by atoms with Crippen molar-refractivity contribution in [1.29, 1.82) is 0 Å². The number of aliphatic hydroxyl groups is 1. The van der Waals surface area contributed by atoms with Gasteiger partial charge in [-0.05, 0) is 42.0 Å². The molecule has 1 N–H and O–H groups in total. The van der Waals surface area contributed by atoms with E-state index in [2.05, 4.69) is 4.85 Å². The second kappa shape index (κ2) is 8.44. The Morgan fingerprint density at radius 1 is 1.11 bits per heavy atom. The largest absolute Gasteiger partial charge is 0.492 e. The Hall–Kier alpha value is -3.15. The molecule has 3 aliphatic heterocycles. The van der Waals surface area contributed by atoms with Gasteiger partial charge in [0.15, 0.2) is 5.69 Å². The SMILES string of the molecule is [C-]#[N+]c1ccc(N2C(=O)[C@@H]3[C@H](C2=O)C2(C)OC3(CCOc3ccc(Cl)cc3Cl)C[C@H]2O)c2ccccc12. The van der Waals surface area contributed by atoms with Crippen molar-refractivity contribution in [2.24, 2.45) is 11.8 Å². The van der Waals surface area contributed by atoms with E-state index in [0.717, 1.165) is 0 Å². The lowest BCUT2D eigenvalue weighted by molar-refractivity contribution is -0.134. The first-order chi connectivity index (χ1) is 17.7. The predicted molar refractivity (Wildman–Crippen MR) is 139 cm³/mol. The van der Waals surface area contributed by atoms with E-state index in [1.54, 1.807) is 49.4 Å². The summed E-state index contributed by atoms with van der Waals surface area (Å²) in [6.45, 7) is 9.35. The van der Waals surface area contributed by atoms with Crippen molar-refractivity contribution >= 4 is 57.2 Å². The average molecular weight is 537 g/mol. The summed E-state index contributed by atoms with van der Waals surface area (Å²) in [7, 11) is 0. The van der Waals surface area contributed by atoms with Gasteiger partial charge in [-0.15, -0.1) is 0 Å². The van der Waals surface area contributed by atoms with Gasteiger partial charge in [0, 0.05) is 17.9 Å². The van der Waals surface area contributed by atoms with E-state index in [9.17, 15) is 14.7 Å². The van der Waals surface area contributed by atoms with E-state index in [1.165, 1.54) is 4.90 Å². The molecule has 0 aliphatic carbocycles. The number of anilines is 1. The topological polar surface area (TPSA) is 80.4 Å². The number of ether oxygens (including phenoxy) is 2. The predicted octanol–water partition coefficient (Wildman–Crippen LogP) is 5.56. The maximum absolute atomic E-state index is 14.0. The summed E-state index contributed by atoms with van der Waals surface area (Å²) < 4.78 is 12.3. The van der Waals surface area contributed by atoms with Crippen LogP contribution in [-0.4, -0.2) is 40.8 Å². The maximum atomic E-state index is 14.0. The number of nitrogens with zero attached hydrogens (tertiary/aromatic N) is 2. The standard InChI is InChI=1S/C28H22Cl2N2O5/c1-27-22(33)14-28(37-27,11-12-36-21-10-7-15(29)13-18(21)30)24-23(27)25(34)32(26(24)35)20-9-8-19(31-2)16-5-3-4-6-17(16)20/h3-10,13,22-24,33H,11-12,14H2,1H3/t22-,23-,24+,27?,28?/m1/s1. The molecule has 0 spiro atoms. The molecule has 7 nitrogen and oxygen atoms in total. The number of hydrogen-bond acceptors (Lipinski definition) is 5. The Bertz CT molecular complexity index is 1520. The Morgan fingerprint density at radius 2 is 1.84 bits per heavy atom. The molecule has 9 heteroatoms. The van der Waals surface area contributed by atoms with Crippen LogP contribution in [0.1, 0.15) is 19.8 Å². The molecule has 2 amide bonds. The number of benzene rings is 3. The summed E-state index contributed by atoms with van der Waals surface area (Å²) in [6, 6.07) is 15.4. The lowest BCUT2D eigenvalue weighted by Gasteiger charge is -2.33. The van der Waals surface area contributed by atoms with Gasteiger partial charge in [0.05, 0.1) is 47.4 Å². The highest BCUT2D eigenvalue weighted by atomic mass is 35.5. The number of aliphatic hydroxyl groups excluding tert-OH is 1. The molecule has 3 fully saturated rings. The highest BCUT2D eigenvalue weighted by molar-refractivity contribution is 6.35. The molecule has 188 valence electrons. The van der Waals surface area contributed by atoms with Crippen LogP contribution in [0.15, 0.2) is 54.6 Å². The number of hydrogen-bond donors (Lipinski definition) is 1. The van der Waals surface area contributed by atoms with E-state index in [-0.39, 0.29) is 25.4 Å². The highest BCUT2D eigenvalue weighted by Crippen LogP contribution is 2.62. The first kappa shape index (κ1) is 24.2. The minimum atomic E-state index is -1.20. The zero-order valence-electron chi connectivity index (χ0n) is 19.8. The minimum Gasteiger partial charge on any atom is -0.492 e. The Kier molecular flexibility index (Phi) is 5.52. The highest BCUT2D eigenvalue weighted by Gasteiger charge is 2.77. The summed E-state index contributed by atoms with van der Waals surface area (Å²) in [5.41, 5.74) is -1.38. The minimum absolute atomic E-state index is 0.164. The number of fused-ring (bicyclic) bond motifs is 6. The fraction of sp³-hybridized carbons (Fsp3) is 0.321. The van der Waals surface area contributed by atoms with Crippen LogP contribution in [0.4, 0.5) is 11.4 Å². The maximum Gasteiger partial charge on any atom is 0.240 e. The van der Waals surface area contributed by atoms with Crippen molar-refractivity contribution in [3.63, 3.8) is 0 Å². The molecule has 3 aliphatic rings. The first-order valence-electron chi connectivity index (χ1n) is 11.9. The number of rotatable bonds is 5. The molecule has 5 atom stereocenters. The lowest BCUT2D eigenvalue weighted by atomic mass is 9.66. The van der Waals surface area contributed by atoms with Crippen LogP contribution >= 0.6 is 23.2 Å². The molecule has 3 aromatic carbocycles. The molecular formula is C28H22Cl2N2O5. The van der Waals surface area contributed by atoms with Gasteiger partial charge < -0.3 is 14.6 Å². The average Bonchev–Trinajstić information content (AvgIpc) is 3.41. The third-order valence-electron chi connectivity index (χ3n) is 8.03. The summed E-state index contributed by atoms with van der Waals surface area (Å²) in [6.07, 6.45) is -0.415. The van der Waals surface area contributed by atoms with Crippen LogP contribution < -0.4 is 9.64 Å². The van der Waals surface area contributed by atoms with Gasteiger partial charge in [-0.2, -0.15) is 0 Å². The first-order valence-corrected chi connectivity index (χ1v) is 12.7. The molecule has 3 saturated heterocycles. The molecule has 0 saturated carbocycles. The van der Waals surface area contributed by atoms with Crippen molar-refractivity contribution in [2.75, 3.05) is 11.5 Å². The van der Waals surface area contributed by atoms with Gasteiger partial charge in [0.2, 0.25) is 11.8 Å². The van der Waals surface area contributed by atoms with Crippen LogP contribution in [-0.2, 0) is 14.3 Å². The zero-order chi connectivity index (χ0) is 26.1. The monoisotopic (exact) mass is 536 g/mol. The summed E-state index contributed by atoms with van der Waals surface area (Å²) >= 11 is 12.2. The van der Waals surface area contributed by atoms with E-state index >= 15 is 0 Å². The van der Waals surface area contributed by atoms with Crippen LogP contribution in [0.5, 0.6) is 5.75 Å². The van der Waals surface area contributed by atoms with Crippen molar-refractivity contribution in [2.45, 2.75) is 37.1 Å². The zero-order valence-corrected chi connectivity index (χ0v) is 21.3. The fourth-order valence-electron chi connectivity index (χ4n) is 6.35. The van der Waals surface area contributed by atoms with Crippen molar-refractivity contribution in [1.82, 2.24) is 0 Å².